The van der Waals surface area contributed by atoms with Crippen LogP contribution >= 0.6 is 24.8 Å². The van der Waals surface area contributed by atoms with E-state index >= 15 is 0 Å². The average Bonchev–Trinajstić information content (AvgIpc) is 1.98. The minimum Gasteiger partial charge on any atom is -0.370 e. The number of thiol groups is 1. The highest BCUT2D eigenvalue weighted by Gasteiger charge is 1.97. The van der Waals surface area contributed by atoms with Gasteiger partial charge in [0.2, 0.25) is 0 Å². The minimum absolute atomic E-state index is 0.569. The van der Waals surface area contributed by atoms with Crippen molar-refractivity contribution in [3.8, 4) is 0 Å². The number of hydrogen-bond donors (Lipinski definition) is 3. The first-order chi connectivity index (χ1) is 5.66. The Morgan fingerprint density at radius 1 is 1.50 bits per heavy atom. The Bertz CT molecular complexity index is 128. The van der Waals surface area contributed by atoms with Crippen LogP contribution in [0.3, 0.4) is 0 Å². The summed E-state index contributed by atoms with van der Waals surface area (Å²) in [7, 11) is 0. The van der Waals surface area contributed by atoms with Crippen LogP contribution < -0.4 is 10.6 Å². The van der Waals surface area contributed by atoms with Gasteiger partial charge in [-0.2, -0.15) is 0 Å². The lowest BCUT2D eigenvalue weighted by molar-refractivity contribution is 0.511. The quantitative estimate of drug-likeness (QED) is 0.349. The van der Waals surface area contributed by atoms with Gasteiger partial charge < -0.3 is 10.6 Å². The van der Waals surface area contributed by atoms with E-state index in [1.165, 1.54) is 12.8 Å². The molecule has 0 spiro atoms. The molecule has 0 fully saturated rings. The topological polar surface area (TPSA) is 24.1 Å². The summed E-state index contributed by atoms with van der Waals surface area (Å²) < 4.78 is 0.569. The van der Waals surface area contributed by atoms with Gasteiger partial charge in [0.05, 0.1) is 0 Å². The molecule has 0 bridgehead atoms. The number of thiocarbonyl (C=S) groups is 1. The van der Waals surface area contributed by atoms with E-state index in [4.69, 9.17) is 12.2 Å². The molecule has 0 aliphatic rings. The van der Waals surface area contributed by atoms with Crippen molar-refractivity contribution in [3.05, 3.63) is 0 Å². The predicted octanol–water partition coefficient (Wildman–Crippen LogP) is 1.57. The van der Waals surface area contributed by atoms with Crippen molar-refractivity contribution in [1.82, 2.24) is 10.6 Å². The summed E-state index contributed by atoms with van der Waals surface area (Å²) in [5.41, 5.74) is 0. The van der Waals surface area contributed by atoms with E-state index in [0.29, 0.717) is 10.4 Å². The van der Waals surface area contributed by atoms with E-state index in [9.17, 15) is 0 Å². The molecule has 0 saturated carbocycles. The Labute approximate surface area is 85.9 Å². The summed E-state index contributed by atoms with van der Waals surface area (Å²) in [5.74, 6) is 0. The lowest BCUT2D eigenvalue weighted by Gasteiger charge is -2.12. The number of nitrogens with one attached hydrogen (secondary N) is 2. The van der Waals surface area contributed by atoms with E-state index in [1.54, 1.807) is 0 Å². The lowest BCUT2D eigenvalue weighted by Crippen LogP contribution is -2.33. The Hall–Kier alpha value is 0.200. The second-order valence-corrected chi connectivity index (χ2v) is 4.03. The van der Waals surface area contributed by atoms with Gasteiger partial charge in [0, 0.05) is 19.1 Å². The predicted molar refractivity (Wildman–Crippen MR) is 62.0 cm³/mol. The third-order valence-corrected chi connectivity index (χ3v) is 1.92. The van der Waals surface area contributed by atoms with E-state index in [-0.39, 0.29) is 0 Å². The third kappa shape index (κ3) is 8.30. The van der Waals surface area contributed by atoms with Crippen LogP contribution in [0.1, 0.15) is 26.7 Å². The van der Waals surface area contributed by atoms with Crippen LogP contribution in [0.25, 0.3) is 0 Å². The molecule has 72 valence electrons. The van der Waals surface area contributed by atoms with Crippen LogP contribution in [-0.4, -0.2) is 23.5 Å². The zero-order valence-electron chi connectivity index (χ0n) is 7.76. The van der Waals surface area contributed by atoms with Crippen molar-refractivity contribution in [1.29, 1.82) is 0 Å². The monoisotopic (exact) mass is 206 g/mol. The van der Waals surface area contributed by atoms with Gasteiger partial charge in [-0.05, 0) is 13.3 Å². The largest absolute Gasteiger partial charge is 0.370 e. The first kappa shape index (κ1) is 12.2. The zero-order chi connectivity index (χ0) is 9.40. The third-order valence-electron chi connectivity index (χ3n) is 1.62. The molecule has 0 aromatic carbocycles. The lowest BCUT2D eigenvalue weighted by atomic mass is 10.2. The maximum atomic E-state index is 4.75. The van der Waals surface area contributed by atoms with Crippen LogP contribution in [0.4, 0.5) is 0 Å². The molecule has 0 heterocycles. The highest BCUT2D eigenvalue weighted by Crippen LogP contribution is 1.93. The maximum Gasteiger partial charge on any atom is 0.130 e. The van der Waals surface area contributed by atoms with Gasteiger partial charge in [-0.3, -0.25) is 0 Å². The first-order valence-corrected chi connectivity index (χ1v) is 5.22. The fourth-order valence-electron chi connectivity index (χ4n) is 1.02. The van der Waals surface area contributed by atoms with Gasteiger partial charge in [0.25, 0.3) is 0 Å². The highest BCUT2D eigenvalue weighted by atomic mass is 32.1. The Morgan fingerprint density at radius 3 is 2.67 bits per heavy atom. The summed E-state index contributed by atoms with van der Waals surface area (Å²) in [6.07, 6.45) is 2.46. The van der Waals surface area contributed by atoms with Crippen LogP contribution in [0.5, 0.6) is 0 Å². The summed E-state index contributed by atoms with van der Waals surface area (Å²) in [5, 5.41) is 6.36. The van der Waals surface area contributed by atoms with E-state index < -0.39 is 0 Å². The Morgan fingerprint density at radius 2 is 2.17 bits per heavy atom. The molecule has 0 aromatic rings. The van der Waals surface area contributed by atoms with E-state index in [2.05, 4.69) is 37.1 Å². The molecule has 4 heteroatoms. The van der Waals surface area contributed by atoms with Crippen molar-refractivity contribution in [2.75, 3.05) is 13.1 Å². The standard InChI is InChI=1S/C8H18N2S2/c1-3-4-7(2)9-5-6-10-8(11)12/h7,9H,3-6H2,1-2H3,(H2,10,11,12). The number of hydrogen-bond acceptors (Lipinski definition) is 2. The normalized spacial score (nSPS) is 12.6. The van der Waals surface area contributed by atoms with Gasteiger partial charge >= 0.3 is 0 Å². The fourth-order valence-corrected chi connectivity index (χ4v) is 1.24. The molecule has 2 nitrogen and oxygen atoms in total. The van der Waals surface area contributed by atoms with Crippen LogP contribution in [0.15, 0.2) is 0 Å². The van der Waals surface area contributed by atoms with E-state index in [1.807, 2.05) is 0 Å². The van der Waals surface area contributed by atoms with Gasteiger partial charge in [0.15, 0.2) is 0 Å². The fraction of sp³-hybridized carbons (Fsp3) is 0.875. The molecule has 0 aliphatic heterocycles. The molecule has 0 radical (unpaired) electrons. The summed E-state index contributed by atoms with van der Waals surface area (Å²) >= 11 is 8.71. The van der Waals surface area contributed by atoms with Crippen molar-refractivity contribution >= 4 is 29.2 Å². The Kier molecular flexibility index (Phi) is 7.96. The Balaban J connectivity index is 3.13. The SMILES string of the molecule is CCCC(C)NCCNC(=S)S. The molecule has 2 N–H and O–H groups in total. The summed E-state index contributed by atoms with van der Waals surface area (Å²) in [6, 6.07) is 0.602. The van der Waals surface area contributed by atoms with Gasteiger partial charge in [-0.15, -0.1) is 12.6 Å². The molecule has 0 rings (SSSR count). The molecule has 0 aromatic heterocycles. The molecule has 0 saturated heterocycles. The molecular weight excluding hydrogens is 188 g/mol. The molecule has 0 aliphatic carbocycles. The number of rotatable bonds is 6. The summed E-state index contributed by atoms with van der Waals surface area (Å²) in [6.45, 7) is 6.19. The van der Waals surface area contributed by atoms with Crippen molar-refractivity contribution < 1.29 is 0 Å². The average molecular weight is 206 g/mol. The zero-order valence-corrected chi connectivity index (χ0v) is 9.47. The van der Waals surface area contributed by atoms with Crippen molar-refractivity contribution in [3.63, 3.8) is 0 Å². The molecule has 1 unspecified atom stereocenters. The molecule has 0 amide bonds. The second kappa shape index (κ2) is 7.83. The molecule has 12 heavy (non-hydrogen) atoms. The van der Waals surface area contributed by atoms with Crippen LogP contribution in [0, 0.1) is 0 Å². The molecule has 1 atom stereocenters. The van der Waals surface area contributed by atoms with Crippen LogP contribution in [-0.2, 0) is 0 Å². The summed E-state index contributed by atoms with van der Waals surface area (Å²) in [4.78, 5) is 0. The molecular formula is C8H18N2S2. The smallest absolute Gasteiger partial charge is 0.130 e. The first-order valence-electron chi connectivity index (χ1n) is 4.37. The second-order valence-electron chi connectivity index (χ2n) is 2.88. The van der Waals surface area contributed by atoms with Gasteiger partial charge in [-0.1, -0.05) is 25.6 Å². The van der Waals surface area contributed by atoms with Crippen molar-refractivity contribution in [2.45, 2.75) is 32.7 Å². The minimum atomic E-state index is 0.569. The van der Waals surface area contributed by atoms with Gasteiger partial charge in [0.1, 0.15) is 4.32 Å². The van der Waals surface area contributed by atoms with E-state index in [0.717, 1.165) is 13.1 Å². The van der Waals surface area contributed by atoms with Gasteiger partial charge in [-0.25, -0.2) is 0 Å². The maximum absolute atomic E-state index is 4.75. The highest BCUT2D eigenvalue weighted by molar-refractivity contribution is 8.11. The van der Waals surface area contributed by atoms with Crippen LogP contribution in [0.2, 0.25) is 0 Å². The van der Waals surface area contributed by atoms with Crippen molar-refractivity contribution in [2.24, 2.45) is 0 Å².